The summed E-state index contributed by atoms with van der Waals surface area (Å²) in [5.41, 5.74) is 3.75. The highest BCUT2D eigenvalue weighted by atomic mass is 32.2. The Morgan fingerprint density at radius 1 is 1.17 bits per heavy atom. The first-order chi connectivity index (χ1) is 13.8. The molecule has 1 heterocycles. The zero-order valence-corrected chi connectivity index (χ0v) is 16.6. The Kier molecular flexibility index (Phi) is 6.48. The molecule has 0 radical (unpaired) electrons. The van der Waals surface area contributed by atoms with Crippen molar-refractivity contribution >= 4 is 40.4 Å². The summed E-state index contributed by atoms with van der Waals surface area (Å²) < 4.78 is 32.0. The number of nitrogens with one attached hydrogen (secondary N) is 1. The average molecular weight is 419 g/mol. The Balaban J connectivity index is 1.63. The van der Waals surface area contributed by atoms with Gasteiger partial charge in [0.1, 0.15) is 6.54 Å². The van der Waals surface area contributed by atoms with Crippen molar-refractivity contribution < 1.29 is 23.1 Å². The van der Waals surface area contributed by atoms with E-state index in [1.165, 1.54) is 4.57 Å². The first-order valence-corrected chi connectivity index (χ1v) is 9.64. The number of carbonyl (C=O) groups is 2. The summed E-state index contributed by atoms with van der Waals surface area (Å²) in [5.74, 6) is -3.89. The molecular weight excluding hydrogens is 400 g/mol. The summed E-state index contributed by atoms with van der Waals surface area (Å²) in [7, 11) is 0. The molecular formula is C20H19F2N3O3S. The van der Waals surface area contributed by atoms with E-state index in [1.807, 2.05) is 26.0 Å². The smallest absolute Gasteiger partial charge is 0.326 e. The number of aryl methyl sites for hydroxylation is 2. The summed E-state index contributed by atoms with van der Waals surface area (Å²) in [6, 6.07) is 12.3. The van der Waals surface area contributed by atoms with E-state index >= 15 is 0 Å². The lowest BCUT2D eigenvalue weighted by atomic mass is 10.1. The molecule has 1 aromatic heterocycles. The molecule has 3 aromatic rings. The van der Waals surface area contributed by atoms with Crippen LogP contribution in [0.3, 0.4) is 0 Å². The van der Waals surface area contributed by atoms with Crippen molar-refractivity contribution in [3.63, 3.8) is 0 Å². The molecule has 9 heteroatoms. The number of rotatable bonds is 7. The lowest BCUT2D eigenvalue weighted by molar-refractivity contribution is -0.147. The predicted octanol–water partition coefficient (Wildman–Crippen LogP) is 4.15. The second-order valence-corrected chi connectivity index (χ2v) is 7.31. The highest BCUT2D eigenvalue weighted by Crippen LogP contribution is 2.28. The Labute approximate surface area is 170 Å². The number of thioether (sulfide) groups is 1. The number of ether oxygens (including phenoxy) is 1. The number of benzene rings is 2. The molecule has 0 aliphatic rings. The van der Waals surface area contributed by atoms with Gasteiger partial charge in [0.05, 0.1) is 11.0 Å². The van der Waals surface area contributed by atoms with E-state index in [0.717, 1.165) is 11.1 Å². The number of hydrogen-bond acceptors (Lipinski definition) is 5. The van der Waals surface area contributed by atoms with Gasteiger partial charge in [0, 0.05) is 5.69 Å². The SMILES string of the molecule is Cc1ccc(NC(=O)COC(=O)Cn2c(SC(F)F)nc3ccccc32)cc1C. The van der Waals surface area contributed by atoms with Gasteiger partial charge in [-0.3, -0.25) is 9.59 Å². The number of esters is 1. The number of carbonyl (C=O) groups excluding carboxylic acids is 2. The molecule has 0 saturated carbocycles. The topological polar surface area (TPSA) is 73.2 Å². The molecule has 1 N–H and O–H groups in total. The van der Waals surface area contributed by atoms with Gasteiger partial charge in [0.15, 0.2) is 11.8 Å². The largest absolute Gasteiger partial charge is 0.454 e. The molecule has 0 atom stereocenters. The van der Waals surface area contributed by atoms with Crippen LogP contribution in [-0.2, 0) is 20.9 Å². The molecule has 0 saturated heterocycles. The molecule has 0 aliphatic carbocycles. The molecule has 0 bridgehead atoms. The van der Waals surface area contributed by atoms with Gasteiger partial charge >= 0.3 is 5.97 Å². The first-order valence-electron chi connectivity index (χ1n) is 8.76. The second-order valence-electron chi connectivity index (χ2n) is 6.36. The molecule has 2 aromatic carbocycles. The van der Waals surface area contributed by atoms with Gasteiger partial charge in [-0.2, -0.15) is 8.78 Å². The summed E-state index contributed by atoms with van der Waals surface area (Å²) in [5, 5.41) is 2.66. The molecule has 3 rings (SSSR count). The summed E-state index contributed by atoms with van der Waals surface area (Å²) in [6.45, 7) is 3.08. The van der Waals surface area contributed by atoms with Gasteiger partial charge in [-0.15, -0.1) is 0 Å². The fourth-order valence-corrected chi connectivity index (χ4v) is 3.31. The Hall–Kier alpha value is -2.94. The number of alkyl halides is 2. The molecule has 6 nitrogen and oxygen atoms in total. The van der Waals surface area contributed by atoms with Crippen LogP contribution in [-0.4, -0.2) is 33.8 Å². The Morgan fingerprint density at radius 3 is 2.66 bits per heavy atom. The lowest BCUT2D eigenvalue weighted by Crippen LogP contribution is -2.23. The highest BCUT2D eigenvalue weighted by Gasteiger charge is 2.18. The van der Waals surface area contributed by atoms with E-state index < -0.39 is 24.2 Å². The van der Waals surface area contributed by atoms with Gasteiger partial charge in [0.2, 0.25) is 0 Å². The minimum absolute atomic E-state index is 0.0118. The van der Waals surface area contributed by atoms with Crippen LogP contribution in [0.5, 0.6) is 0 Å². The van der Waals surface area contributed by atoms with Gasteiger partial charge in [0.25, 0.3) is 11.7 Å². The molecule has 0 unspecified atom stereocenters. The summed E-state index contributed by atoms with van der Waals surface area (Å²) in [4.78, 5) is 28.4. The van der Waals surface area contributed by atoms with E-state index in [9.17, 15) is 18.4 Å². The molecule has 0 spiro atoms. The third-order valence-electron chi connectivity index (χ3n) is 4.26. The number of imidazole rings is 1. The first kappa shape index (κ1) is 20.8. The van der Waals surface area contributed by atoms with Crippen LogP contribution in [0.1, 0.15) is 11.1 Å². The van der Waals surface area contributed by atoms with E-state index in [1.54, 1.807) is 30.3 Å². The van der Waals surface area contributed by atoms with Crippen molar-refractivity contribution in [3.05, 3.63) is 53.6 Å². The van der Waals surface area contributed by atoms with Crippen LogP contribution in [0, 0.1) is 13.8 Å². The Morgan fingerprint density at radius 2 is 1.93 bits per heavy atom. The van der Waals surface area contributed by atoms with Crippen molar-refractivity contribution in [2.24, 2.45) is 0 Å². The third kappa shape index (κ3) is 5.32. The normalized spacial score (nSPS) is 11.1. The summed E-state index contributed by atoms with van der Waals surface area (Å²) in [6.07, 6.45) is 0. The van der Waals surface area contributed by atoms with Crippen molar-refractivity contribution in [1.29, 1.82) is 0 Å². The van der Waals surface area contributed by atoms with E-state index in [0.29, 0.717) is 16.7 Å². The van der Waals surface area contributed by atoms with Crippen LogP contribution in [0.2, 0.25) is 0 Å². The van der Waals surface area contributed by atoms with Gasteiger partial charge in [-0.25, -0.2) is 4.98 Å². The number of hydrogen-bond donors (Lipinski definition) is 1. The number of nitrogens with zero attached hydrogens (tertiary/aromatic N) is 2. The van der Waals surface area contributed by atoms with Crippen LogP contribution in [0.15, 0.2) is 47.6 Å². The number of fused-ring (bicyclic) bond motifs is 1. The molecule has 1 amide bonds. The molecule has 0 aliphatic heterocycles. The number of aromatic nitrogens is 2. The highest BCUT2D eigenvalue weighted by molar-refractivity contribution is 7.99. The fourth-order valence-electron chi connectivity index (χ4n) is 2.71. The quantitative estimate of drug-likeness (QED) is 0.460. The number of amides is 1. The van der Waals surface area contributed by atoms with Crippen molar-refractivity contribution in [3.8, 4) is 0 Å². The summed E-state index contributed by atoms with van der Waals surface area (Å²) >= 11 is 0.253. The standard InChI is InChI=1S/C20H19F2N3O3S/c1-12-7-8-14(9-13(12)2)23-17(26)11-28-18(27)10-25-16-6-4-3-5-15(16)24-20(25)29-19(21)22/h3-9,19H,10-11H2,1-2H3,(H,23,26). The zero-order valence-electron chi connectivity index (χ0n) is 15.8. The number of anilines is 1. The minimum Gasteiger partial charge on any atom is -0.454 e. The second kappa shape index (κ2) is 9.04. The maximum Gasteiger partial charge on any atom is 0.326 e. The van der Waals surface area contributed by atoms with Crippen LogP contribution >= 0.6 is 11.8 Å². The van der Waals surface area contributed by atoms with E-state index in [-0.39, 0.29) is 23.5 Å². The molecule has 152 valence electrons. The van der Waals surface area contributed by atoms with Crippen molar-refractivity contribution in [2.45, 2.75) is 31.3 Å². The monoisotopic (exact) mass is 419 g/mol. The fraction of sp³-hybridized carbons (Fsp3) is 0.250. The van der Waals surface area contributed by atoms with Crippen LogP contribution in [0.4, 0.5) is 14.5 Å². The minimum atomic E-state index is -2.68. The van der Waals surface area contributed by atoms with Crippen molar-refractivity contribution in [1.82, 2.24) is 9.55 Å². The average Bonchev–Trinajstić information content (AvgIpc) is 2.99. The molecule has 29 heavy (non-hydrogen) atoms. The number of para-hydroxylation sites is 2. The van der Waals surface area contributed by atoms with Gasteiger partial charge in [-0.1, -0.05) is 18.2 Å². The van der Waals surface area contributed by atoms with Crippen LogP contribution in [0.25, 0.3) is 11.0 Å². The zero-order chi connectivity index (χ0) is 21.0. The van der Waals surface area contributed by atoms with Gasteiger partial charge < -0.3 is 14.6 Å². The Bertz CT molecular complexity index is 1050. The van der Waals surface area contributed by atoms with E-state index in [4.69, 9.17) is 4.74 Å². The van der Waals surface area contributed by atoms with Crippen LogP contribution < -0.4 is 5.32 Å². The van der Waals surface area contributed by atoms with E-state index in [2.05, 4.69) is 10.3 Å². The lowest BCUT2D eigenvalue weighted by Gasteiger charge is -2.10. The third-order valence-corrected chi connectivity index (χ3v) is 4.96. The predicted molar refractivity (Wildman–Crippen MR) is 107 cm³/mol. The number of halogens is 2. The maximum absolute atomic E-state index is 12.8. The van der Waals surface area contributed by atoms with Gasteiger partial charge in [-0.05, 0) is 61.0 Å². The molecule has 0 fully saturated rings. The van der Waals surface area contributed by atoms with Crippen molar-refractivity contribution in [2.75, 3.05) is 11.9 Å². The maximum atomic E-state index is 12.8.